The van der Waals surface area contributed by atoms with Crippen molar-refractivity contribution in [2.75, 3.05) is 7.11 Å². The molecule has 0 aliphatic rings. The number of ether oxygens (including phenoxy) is 1. The Morgan fingerprint density at radius 3 is 2.56 bits per heavy atom. The highest BCUT2D eigenvalue weighted by molar-refractivity contribution is 5.16. The number of rotatable bonds is 3. The molecular weight excluding hydrogens is 112 g/mol. The summed E-state index contributed by atoms with van der Waals surface area (Å²) in [4.78, 5) is 0. The number of methoxy groups -OCH3 is 1. The fraction of sp³-hybridized carbons (Fsp3) is 0.250. The van der Waals surface area contributed by atoms with Gasteiger partial charge in [-0.25, -0.2) is 0 Å². The zero-order valence-corrected chi connectivity index (χ0v) is 5.92. The van der Waals surface area contributed by atoms with Crippen molar-refractivity contribution in [2.24, 2.45) is 0 Å². The van der Waals surface area contributed by atoms with Crippen LogP contribution in [0.25, 0.3) is 0 Å². The summed E-state index contributed by atoms with van der Waals surface area (Å²) in [5.74, 6) is 0.826. The van der Waals surface area contributed by atoms with Crippen molar-refractivity contribution in [3.05, 3.63) is 36.6 Å². The Kier molecular flexibility index (Phi) is 4.60. The highest BCUT2D eigenvalue weighted by atomic mass is 16.5. The van der Waals surface area contributed by atoms with Crippen LogP contribution in [0.1, 0.15) is 6.92 Å². The lowest BCUT2D eigenvalue weighted by molar-refractivity contribution is 0.307. The van der Waals surface area contributed by atoms with Crippen molar-refractivity contribution in [1.82, 2.24) is 0 Å². The van der Waals surface area contributed by atoms with Gasteiger partial charge in [0.25, 0.3) is 0 Å². The third-order valence-corrected chi connectivity index (χ3v) is 0.849. The Balaban J connectivity index is 3.96. The SMILES string of the molecule is C=C/C=C(/C=C/C)OC. The largest absolute Gasteiger partial charge is 0.497 e. The van der Waals surface area contributed by atoms with Gasteiger partial charge in [-0.05, 0) is 19.1 Å². The van der Waals surface area contributed by atoms with E-state index in [1.807, 2.05) is 19.1 Å². The fourth-order valence-corrected chi connectivity index (χ4v) is 0.472. The topological polar surface area (TPSA) is 9.23 Å². The minimum atomic E-state index is 0.826. The van der Waals surface area contributed by atoms with Crippen LogP contribution in [0.4, 0.5) is 0 Å². The molecule has 0 atom stereocenters. The summed E-state index contributed by atoms with van der Waals surface area (Å²) in [7, 11) is 1.63. The van der Waals surface area contributed by atoms with Crippen LogP contribution < -0.4 is 0 Å². The monoisotopic (exact) mass is 124 g/mol. The number of hydrogen-bond donors (Lipinski definition) is 0. The highest BCUT2D eigenvalue weighted by Gasteiger charge is 1.81. The maximum Gasteiger partial charge on any atom is 0.118 e. The number of hydrogen-bond acceptors (Lipinski definition) is 1. The fourth-order valence-electron chi connectivity index (χ4n) is 0.472. The smallest absolute Gasteiger partial charge is 0.118 e. The van der Waals surface area contributed by atoms with Gasteiger partial charge >= 0.3 is 0 Å². The molecule has 1 heteroatoms. The van der Waals surface area contributed by atoms with E-state index in [0.717, 1.165) is 5.76 Å². The molecule has 1 nitrogen and oxygen atoms in total. The Morgan fingerprint density at radius 2 is 2.22 bits per heavy atom. The van der Waals surface area contributed by atoms with Crippen LogP contribution in [0.2, 0.25) is 0 Å². The van der Waals surface area contributed by atoms with E-state index >= 15 is 0 Å². The summed E-state index contributed by atoms with van der Waals surface area (Å²) in [5, 5.41) is 0. The van der Waals surface area contributed by atoms with Crippen molar-refractivity contribution in [1.29, 1.82) is 0 Å². The highest BCUT2D eigenvalue weighted by Crippen LogP contribution is 1.96. The van der Waals surface area contributed by atoms with Gasteiger partial charge in [0.05, 0.1) is 7.11 Å². The normalized spacial score (nSPS) is 12.0. The molecule has 0 aromatic carbocycles. The molecule has 50 valence electrons. The van der Waals surface area contributed by atoms with Crippen molar-refractivity contribution in [2.45, 2.75) is 6.92 Å². The van der Waals surface area contributed by atoms with Crippen LogP contribution in [-0.2, 0) is 4.74 Å². The molecule has 0 heterocycles. The van der Waals surface area contributed by atoms with E-state index in [1.54, 1.807) is 19.3 Å². The molecule has 0 rings (SSSR count). The molecule has 0 saturated heterocycles. The zero-order valence-electron chi connectivity index (χ0n) is 5.92. The first-order chi connectivity index (χ1) is 4.35. The molecule has 0 unspecified atom stereocenters. The summed E-state index contributed by atoms with van der Waals surface area (Å²) in [6.45, 7) is 5.48. The molecule has 0 radical (unpaired) electrons. The lowest BCUT2D eigenvalue weighted by Crippen LogP contribution is -1.78. The molecule has 9 heavy (non-hydrogen) atoms. The Labute approximate surface area is 56.3 Å². The Morgan fingerprint density at radius 1 is 1.56 bits per heavy atom. The quantitative estimate of drug-likeness (QED) is 0.414. The molecule has 0 bridgehead atoms. The van der Waals surface area contributed by atoms with Crippen molar-refractivity contribution < 1.29 is 4.74 Å². The minimum absolute atomic E-state index is 0.826. The average molecular weight is 124 g/mol. The van der Waals surface area contributed by atoms with E-state index in [1.165, 1.54) is 0 Å². The van der Waals surface area contributed by atoms with Gasteiger partial charge in [0.15, 0.2) is 0 Å². The van der Waals surface area contributed by atoms with E-state index in [0.29, 0.717) is 0 Å². The van der Waals surface area contributed by atoms with Gasteiger partial charge in [0.2, 0.25) is 0 Å². The Hall–Kier alpha value is -0.980. The lowest BCUT2D eigenvalue weighted by atomic mass is 10.4. The third-order valence-electron chi connectivity index (χ3n) is 0.849. The van der Waals surface area contributed by atoms with Gasteiger partial charge in [0.1, 0.15) is 5.76 Å². The average Bonchev–Trinajstić information content (AvgIpc) is 1.88. The van der Waals surface area contributed by atoms with Gasteiger partial charge in [-0.1, -0.05) is 18.7 Å². The summed E-state index contributed by atoms with van der Waals surface area (Å²) < 4.78 is 4.93. The summed E-state index contributed by atoms with van der Waals surface area (Å²) >= 11 is 0. The predicted molar refractivity (Wildman–Crippen MR) is 40.1 cm³/mol. The van der Waals surface area contributed by atoms with Crippen molar-refractivity contribution in [3.63, 3.8) is 0 Å². The van der Waals surface area contributed by atoms with Crippen molar-refractivity contribution >= 4 is 0 Å². The lowest BCUT2D eigenvalue weighted by Gasteiger charge is -1.95. The second kappa shape index (κ2) is 5.16. The second-order valence-corrected chi connectivity index (χ2v) is 1.51. The van der Waals surface area contributed by atoms with Crippen LogP contribution >= 0.6 is 0 Å². The molecule has 0 aromatic rings. The summed E-state index contributed by atoms with van der Waals surface area (Å²) in [6.07, 6.45) is 7.29. The van der Waals surface area contributed by atoms with Gasteiger partial charge in [0, 0.05) is 0 Å². The van der Waals surface area contributed by atoms with Gasteiger partial charge < -0.3 is 4.74 Å². The van der Waals surface area contributed by atoms with E-state index in [2.05, 4.69) is 6.58 Å². The van der Waals surface area contributed by atoms with E-state index in [-0.39, 0.29) is 0 Å². The van der Waals surface area contributed by atoms with Crippen LogP contribution in [0, 0.1) is 0 Å². The first-order valence-corrected chi connectivity index (χ1v) is 2.84. The van der Waals surface area contributed by atoms with Crippen LogP contribution in [0.3, 0.4) is 0 Å². The van der Waals surface area contributed by atoms with E-state index in [4.69, 9.17) is 4.74 Å². The van der Waals surface area contributed by atoms with E-state index < -0.39 is 0 Å². The first-order valence-electron chi connectivity index (χ1n) is 2.84. The zero-order chi connectivity index (χ0) is 7.11. The van der Waals surface area contributed by atoms with Crippen molar-refractivity contribution in [3.8, 4) is 0 Å². The molecular formula is C8H12O. The van der Waals surface area contributed by atoms with Crippen LogP contribution in [-0.4, -0.2) is 7.11 Å². The summed E-state index contributed by atoms with van der Waals surface area (Å²) in [6, 6.07) is 0. The molecule has 0 aliphatic heterocycles. The number of allylic oxidation sites excluding steroid dienone is 4. The maximum absolute atomic E-state index is 4.93. The van der Waals surface area contributed by atoms with Crippen LogP contribution in [0.15, 0.2) is 36.6 Å². The molecule has 0 spiro atoms. The Bertz CT molecular complexity index is 132. The van der Waals surface area contributed by atoms with E-state index in [9.17, 15) is 0 Å². The first kappa shape index (κ1) is 8.02. The van der Waals surface area contributed by atoms with Gasteiger partial charge in [-0.3, -0.25) is 0 Å². The maximum atomic E-state index is 4.93. The van der Waals surface area contributed by atoms with Crippen LogP contribution in [0.5, 0.6) is 0 Å². The third kappa shape index (κ3) is 3.59. The minimum Gasteiger partial charge on any atom is -0.497 e. The van der Waals surface area contributed by atoms with Gasteiger partial charge in [-0.2, -0.15) is 0 Å². The molecule has 0 aromatic heterocycles. The van der Waals surface area contributed by atoms with Gasteiger partial charge in [-0.15, -0.1) is 0 Å². The second-order valence-electron chi connectivity index (χ2n) is 1.51. The molecule has 0 saturated carbocycles. The molecule has 0 amide bonds. The summed E-state index contributed by atoms with van der Waals surface area (Å²) in [5.41, 5.74) is 0. The predicted octanol–water partition coefficient (Wildman–Crippen LogP) is 2.28. The standard InChI is InChI=1S/C8H12O/c1-4-6-8(9-3)7-5-2/h4-7H,1H2,2-3H3/b7-5+,8-6-. The molecule has 0 fully saturated rings. The molecule has 0 aliphatic carbocycles. The molecule has 0 N–H and O–H groups in total.